The van der Waals surface area contributed by atoms with Gasteiger partial charge in [0.2, 0.25) is 0 Å². The highest BCUT2D eigenvalue weighted by atomic mass is 79.9. The molecule has 0 heterocycles. The minimum Gasteiger partial charge on any atom is -0.468 e. The van der Waals surface area contributed by atoms with E-state index < -0.39 is 20.0 Å². The number of rotatable bonds is 4. The molecule has 14 heavy (non-hydrogen) atoms. The van der Waals surface area contributed by atoms with Crippen LogP contribution in [0.5, 0.6) is 0 Å². The summed E-state index contributed by atoms with van der Waals surface area (Å²) in [6.07, 6.45) is 0.173. The molecule has 82 valence electrons. The van der Waals surface area contributed by atoms with E-state index in [0.29, 0.717) is 0 Å². The van der Waals surface area contributed by atoms with Crippen LogP contribution in [-0.4, -0.2) is 34.2 Å². The van der Waals surface area contributed by atoms with Crippen molar-refractivity contribution in [2.24, 2.45) is 0 Å². The van der Waals surface area contributed by atoms with E-state index in [1.165, 1.54) is 14.2 Å². The van der Waals surface area contributed by atoms with Gasteiger partial charge in [-0.25, -0.2) is 4.79 Å². The molecule has 0 aliphatic carbocycles. The maximum atomic E-state index is 11.2. The first-order chi connectivity index (χ1) is 6.35. The number of carbonyl (C=O) groups excluding carboxylic acids is 2. The molecule has 0 aromatic heterocycles. The van der Waals surface area contributed by atoms with Gasteiger partial charge in [-0.15, -0.1) is 0 Å². The zero-order valence-electron chi connectivity index (χ0n) is 7.55. The van der Waals surface area contributed by atoms with Crippen LogP contribution in [0.4, 0.5) is 0 Å². The van der Waals surface area contributed by atoms with Crippen molar-refractivity contribution in [3.63, 3.8) is 0 Å². The van der Waals surface area contributed by atoms with Crippen LogP contribution in [0.15, 0.2) is 0 Å². The van der Waals surface area contributed by atoms with E-state index in [-0.39, 0.29) is 6.42 Å². The van der Waals surface area contributed by atoms with E-state index in [4.69, 9.17) is 0 Å². The molecule has 1 unspecified atom stereocenters. The van der Waals surface area contributed by atoms with Crippen LogP contribution in [0.3, 0.4) is 0 Å². The van der Waals surface area contributed by atoms with Crippen LogP contribution in [0, 0.1) is 0 Å². The van der Waals surface area contributed by atoms with Gasteiger partial charge in [-0.1, -0.05) is 47.8 Å². The Balaban J connectivity index is 4.35. The van der Waals surface area contributed by atoms with Gasteiger partial charge < -0.3 is 9.47 Å². The number of alkyl halides is 3. The number of halogens is 3. The van der Waals surface area contributed by atoms with Crippen molar-refractivity contribution in [2.75, 3.05) is 14.2 Å². The molecule has 0 saturated heterocycles. The lowest BCUT2D eigenvalue weighted by molar-refractivity contribution is -0.141. The standard InChI is InChI=1S/C7H9Br3O4/c1-13-5(11)4(8)3-7(9,10)6(12)14-2/h4H,3H2,1-2H3. The van der Waals surface area contributed by atoms with Crippen molar-refractivity contribution in [1.29, 1.82) is 0 Å². The maximum absolute atomic E-state index is 11.2. The van der Waals surface area contributed by atoms with Crippen LogP contribution >= 0.6 is 47.8 Å². The highest BCUT2D eigenvalue weighted by Crippen LogP contribution is 2.35. The fourth-order valence-electron chi connectivity index (χ4n) is 0.669. The van der Waals surface area contributed by atoms with Crippen molar-refractivity contribution < 1.29 is 19.1 Å². The Morgan fingerprint density at radius 2 is 1.79 bits per heavy atom. The molecule has 0 spiro atoms. The molecule has 0 aliphatic rings. The van der Waals surface area contributed by atoms with Crippen LogP contribution in [0.25, 0.3) is 0 Å². The van der Waals surface area contributed by atoms with E-state index in [1.807, 2.05) is 0 Å². The van der Waals surface area contributed by atoms with Gasteiger partial charge in [-0.05, 0) is 0 Å². The van der Waals surface area contributed by atoms with Gasteiger partial charge in [0.05, 0.1) is 14.2 Å². The number of hydrogen-bond donors (Lipinski definition) is 0. The number of esters is 2. The van der Waals surface area contributed by atoms with Crippen molar-refractivity contribution in [1.82, 2.24) is 0 Å². The summed E-state index contributed by atoms with van der Waals surface area (Å²) in [6, 6.07) is 0. The van der Waals surface area contributed by atoms with Crippen molar-refractivity contribution in [3.05, 3.63) is 0 Å². The Hall–Kier alpha value is 0.380. The summed E-state index contributed by atoms with van der Waals surface area (Å²) in [7, 11) is 2.54. The normalized spacial score (nSPS) is 13.2. The van der Waals surface area contributed by atoms with Crippen molar-refractivity contribution >= 4 is 59.7 Å². The van der Waals surface area contributed by atoms with Crippen LogP contribution in [0.1, 0.15) is 6.42 Å². The Morgan fingerprint density at radius 1 is 1.29 bits per heavy atom. The van der Waals surface area contributed by atoms with Crippen LogP contribution in [-0.2, 0) is 19.1 Å². The Bertz CT molecular complexity index is 229. The summed E-state index contributed by atoms with van der Waals surface area (Å²) in [5.41, 5.74) is 0. The fraction of sp³-hybridized carbons (Fsp3) is 0.714. The quantitative estimate of drug-likeness (QED) is 0.538. The molecular formula is C7H9Br3O4. The fourth-order valence-corrected chi connectivity index (χ4v) is 3.18. The van der Waals surface area contributed by atoms with Gasteiger partial charge in [0.25, 0.3) is 0 Å². The monoisotopic (exact) mass is 394 g/mol. The molecule has 0 fully saturated rings. The first kappa shape index (κ1) is 14.4. The van der Waals surface area contributed by atoms with Crippen molar-refractivity contribution in [2.45, 2.75) is 14.5 Å². The SMILES string of the molecule is COC(=O)C(Br)CC(Br)(Br)C(=O)OC. The van der Waals surface area contributed by atoms with E-state index in [1.54, 1.807) is 0 Å². The molecule has 0 N–H and O–H groups in total. The van der Waals surface area contributed by atoms with Gasteiger partial charge in [-0.2, -0.15) is 0 Å². The van der Waals surface area contributed by atoms with Gasteiger partial charge >= 0.3 is 11.9 Å². The molecule has 4 nitrogen and oxygen atoms in total. The lowest BCUT2D eigenvalue weighted by Gasteiger charge is -2.19. The minimum absolute atomic E-state index is 0.173. The smallest absolute Gasteiger partial charge is 0.333 e. The van der Waals surface area contributed by atoms with E-state index >= 15 is 0 Å². The zero-order valence-corrected chi connectivity index (χ0v) is 12.3. The molecule has 0 saturated carbocycles. The third-order valence-corrected chi connectivity index (χ3v) is 3.37. The second kappa shape index (κ2) is 6.07. The highest BCUT2D eigenvalue weighted by Gasteiger charge is 2.38. The number of ether oxygens (including phenoxy) is 2. The minimum atomic E-state index is -1.07. The topological polar surface area (TPSA) is 52.6 Å². The number of carbonyl (C=O) groups is 2. The number of methoxy groups -OCH3 is 2. The molecule has 0 amide bonds. The van der Waals surface area contributed by atoms with Gasteiger partial charge in [-0.3, -0.25) is 4.79 Å². The lowest BCUT2D eigenvalue weighted by atomic mass is 10.2. The molecule has 1 atom stereocenters. The van der Waals surface area contributed by atoms with Crippen LogP contribution < -0.4 is 0 Å². The van der Waals surface area contributed by atoms with E-state index in [0.717, 1.165) is 0 Å². The summed E-state index contributed by atoms with van der Waals surface area (Å²) in [4.78, 5) is 21.7. The summed E-state index contributed by atoms with van der Waals surface area (Å²) in [5, 5.41) is 0. The van der Waals surface area contributed by atoms with Crippen molar-refractivity contribution in [3.8, 4) is 0 Å². The predicted molar refractivity (Wildman–Crippen MR) is 61.9 cm³/mol. The predicted octanol–water partition coefficient (Wildman–Crippen LogP) is 1.97. The van der Waals surface area contributed by atoms with Gasteiger partial charge in [0.15, 0.2) is 3.23 Å². The molecular weight excluding hydrogens is 388 g/mol. The Labute approximate surface area is 107 Å². The highest BCUT2D eigenvalue weighted by molar-refractivity contribution is 9.26. The third-order valence-electron chi connectivity index (χ3n) is 1.38. The van der Waals surface area contributed by atoms with Gasteiger partial charge in [0, 0.05) is 6.42 Å². The Kier molecular flexibility index (Phi) is 6.24. The summed E-state index contributed by atoms with van der Waals surface area (Å²) in [5.74, 6) is -0.956. The van der Waals surface area contributed by atoms with Crippen LogP contribution in [0.2, 0.25) is 0 Å². The first-order valence-electron chi connectivity index (χ1n) is 3.53. The zero-order chi connectivity index (χ0) is 11.4. The second-order valence-electron chi connectivity index (χ2n) is 2.39. The summed E-state index contributed by atoms with van der Waals surface area (Å²) >= 11 is 9.31. The maximum Gasteiger partial charge on any atom is 0.333 e. The Morgan fingerprint density at radius 3 is 2.14 bits per heavy atom. The summed E-state index contributed by atoms with van der Waals surface area (Å²) < 4.78 is 7.94. The largest absolute Gasteiger partial charge is 0.468 e. The molecule has 0 radical (unpaired) electrons. The average molecular weight is 397 g/mol. The second-order valence-corrected chi connectivity index (χ2v) is 7.27. The molecule has 0 aliphatic heterocycles. The summed E-state index contributed by atoms with van der Waals surface area (Å²) in [6.45, 7) is 0. The van der Waals surface area contributed by atoms with E-state index in [2.05, 4.69) is 57.3 Å². The first-order valence-corrected chi connectivity index (χ1v) is 6.03. The molecule has 7 heteroatoms. The van der Waals surface area contributed by atoms with Gasteiger partial charge in [0.1, 0.15) is 4.83 Å². The molecule has 0 bridgehead atoms. The number of hydrogen-bond acceptors (Lipinski definition) is 4. The third kappa shape index (κ3) is 4.27. The molecule has 0 aromatic rings. The van der Waals surface area contributed by atoms with E-state index in [9.17, 15) is 9.59 Å². The molecule has 0 aromatic carbocycles. The average Bonchev–Trinajstić information content (AvgIpc) is 2.14. The lowest BCUT2D eigenvalue weighted by Crippen LogP contribution is -2.32. The molecule has 0 rings (SSSR count).